The van der Waals surface area contributed by atoms with Gasteiger partial charge in [-0.25, -0.2) is 25.3 Å². The van der Waals surface area contributed by atoms with Crippen molar-refractivity contribution in [1.29, 1.82) is 0 Å². The van der Waals surface area contributed by atoms with Crippen LogP contribution in [-0.4, -0.2) is 9.97 Å². The van der Waals surface area contributed by atoms with Crippen LogP contribution in [0.5, 0.6) is 0 Å². The quantitative estimate of drug-likeness (QED) is 0.299. The Hall–Kier alpha value is -3.50. The minimum absolute atomic E-state index is 0.151. The van der Waals surface area contributed by atoms with E-state index in [0.29, 0.717) is 22.5 Å². The normalized spacial score (nSPS) is 10.1. The van der Waals surface area contributed by atoms with Gasteiger partial charge in [0.1, 0.15) is 24.2 Å². The Morgan fingerprint density at radius 3 is 1.76 bits per heavy atom. The van der Waals surface area contributed by atoms with Gasteiger partial charge in [-0.2, -0.15) is 0 Å². The number of aromatic nitrogens is 2. The molecule has 2 heterocycles. The minimum Gasteiger partial charge on any atom is -0.444 e. The van der Waals surface area contributed by atoms with Crippen molar-refractivity contribution in [3.05, 3.63) is 95.5 Å². The number of rotatable bonds is 4. The van der Waals surface area contributed by atoms with E-state index in [2.05, 4.69) is 14.8 Å². The second-order valence-electron chi connectivity index (χ2n) is 5.70. The van der Waals surface area contributed by atoms with Crippen LogP contribution < -0.4 is 0 Å². The molecule has 2 aromatic carbocycles. The van der Waals surface area contributed by atoms with E-state index in [1.807, 2.05) is 0 Å². The Balaban J connectivity index is 0.000000166. The molecule has 0 fully saturated rings. The molecule has 0 saturated carbocycles. The topological polar surface area (TPSA) is 56.4 Å². The summed E-state index contributed by atoms with van der Waals surface area (Å²) >= 11 is 5.55. The van der Waals surface area contributed by atoms with Crippen molar-refractivity contribution >= 4 is 11.6 Å². The van der Waals surface area contributed by atoms with Crippen molar-refractivity contribution in [1.82, 2.24) is 9.97 Å². The lowest BCUT2D eigenvalue weighted by atomic mass is 10.2. The van der Waals surface area contributed by atoms with E-state index in [9.17, 15) is 8.78 Å². The smallest absolute Gasteiger partial charge is 0.259 e. The van der Waals surface area contributed by atoms with E-state index < -0.39 is 0 Å². The summed E-state index contributed by atoms with van der Waals surface area (Å²) in [5.41, 5.74) is 1.78. The van der Waals surface area contributed by atoms with Crippen LogP contribution in [-0.2, 0) is 12.4 Å². The zero-order valence-corrected chi connectivity index (χ0v) is 15.7. The predicted molar refractivity (Wildman–Crippen MR) is 104 cm³/mol. The van der Waals surface area contributed by atoms with Gasteiger partial charge in [0.2, 0.25) is 11.8 Å². The molecule has 4 aromatic rings. The summed E-state index contributed by atoms with van der Waals surface area (Å²) in [5.74, 6) is 0.00694. The number of benzene rings is 2. The van der Waals surface area contributed by atoms with Gasteiger partial charge in [-0.3, -0.25) is 0 Å². The van der Waals surface area contributed by atoms with Gasteiger partial charge in [0.25, 0.3) is 6.54 Å². The Morgan fingerprint density at radius 2 is 1.31 bits per heavy atom. The monoisotopic (exact) mass is 413 g/mol. The molecular formula is C21H14ClF2N3O2. The fourth-order valence-electron chi connectivity index (χ4n) is 2.35. The number of nitrogens with zero attached hydrogens (tertiary/aromatic N) is 3. The molecule has 29 heavy (non-hydrogen) atoms. The van der Waals surface area contributed by atoms with Gasteiger partial charge >= 0.3 is 0 Å². The van der Waals surface area contributed by atoms with Crippen LogP contribution in [0.25, 0.3) is 27.8 Å². The largest absolute Gasteiger partial charge is 0.444 e. The highest BCUT2D eigenvalue weighted by molar-refractivity contribution is 6.16. The zero-order valence-electron chi connectivity index (χ0n) is 15.0. The first kappa shape index (κ1) is 20.2. The molecule has 0 atom stereocenters. The first-order valence-electron chi connectivity index (χ1n) is 8.40. The van der Waals surface area contributed by atoms with Crippen molar-refractivity contribution in [2.24, 2.45) is 0 Å². The number of alkyl halides is 1. The van der Waals surface area contributed by atoms with Crippen LogP contribution in [0.15, 0.2) is 69.9 Å². The maximum Gasteiger partial charge on any atom is 0.259 e. The number of oxazole rings is 2. The van der Waals surface area contributed by atoms with Crippen molar-refractivity contribution in [2.75, 3.05) is 0 Å². The van der Waals surface area contributed by atoms with E-state index in [4.69, 9.17) is 27.0 Å². The Kier molecular flexibility index (Phi) is 6.72. The van der Waals surface area contributed by atoms with E-state index >= 15 is 0 Å². The van der Waals surface area contributed by atoms with E-state index in [1.54, 1.807) is 36.4 Å². The molecule has 0 amide bonds. The highest BCUT2D eigenvalue weighted by Gasteiger charge is 2.11. The van der Waals surface area contributed by atoms with Gasteiger partial charge in [0.05, 0.1) is 22.7 Å². The van der Waals surface area contributed by atoms with Crippen LogP contribution in [0, 0.1) is 18.2 Å². The van der Waals surface area contributed by atoms with Crippen LogP contribution in [0.1, 0.15) is 11.4 Å². The average Bonchev–Trinajstić information content (AvgIpc) is 3.39. The molecule has 0 bridgehead atoms. The Bertz CT molecular complexity index is 1130. The van der Waals surface area contributed by atoms with Gasteiger partial charge in [-0.05, 0) is 24.3 Å². The SMILES string of the molecule is Fc1ccccc1-c1nc(CCl)co1.[C-]#[N+]Cc1coc(-c2ccccc2F)n1. The Morgan fingerprint density at radius 1 is 0.828 bits per heavy atom. The molecule has 0 N–H and O–H groups in total. The molecule has 146 valence electrons. The highest BCUT2D eigenvalue weighted by Crippen LogP contribution is 2.22. The summed E-state index contributed by atoms with van der Waals surface area (Å²) in [7, 11) is 0. The van der Waals surface area contributed by atoms with Crippen molar-refractivity contribution in [3.8, 4) is 22.9 Å². The minimum atomic E-state index is -0.381. The van der Waals surface area contributed by atoms with Crippen molar-refractivity contribution < 1.29 is 17.6 Å². The first-order chi connectivity index (χ1) is 14.1. The highest BCUT2D eigenvalue weighted by atomic mass is 35.5. The molecule has 0 unspecified atom stereocenters. The van der Waals surface area contributed by atoms with E-state index in [0.717, 1.165) is 0 Å². The summed E-state index contributed by atoms with van der Waals surface area (Å²) < 4.78 is 36.7. The molecular weight excluding hydrogens is 400 g/mol. The average molecular weight is 414 g/mol. The summed E-state index contributed by atoms with van der Waals surface area (Å²) in [6.45, 7) is 6.82. The molecule has 0 aliphatic carbocycles. The van der Waals surface area contributed by atoms with Crippen LogP contribution in [0.3, 0.4) is 0 Å². The molecule has 0 saturated heterocycles. The van der Waals surface area contributed by atoms with Gasteiger partial charge in [-0.15, -0.1) is 11.6 Å². The second kappa shape index (κ2) is 9.62. The molecule has 0 aliphatic rings. The number of halogens is 3. The lowest BCUT2D eigenvalue weighted by Crippen LogP contribution is -1.84. The number of hydrogen-bond acceptors (Lipinski definition) is 4. The third-order valence-corrected chi connectivity index (χ3v) is 3.96. The molecule has 4 rings (SSSR count). The zero-order chi connectivity index (χ0) is 20.6. The summed E-state index contributed by atoms with van der Waals surface area (Å²) in [6, 6.07) is 12.5. The van der Waals surface area contributed by atoms with E-state index in [1.165, 1.54) is 24.7 Å². The first-order valence-corrected chi connectivity index (χ1v) is 8.93. The molecule has 5 nitrogen and oxygen atoms in total. The third kappa shape index (κ3) is 5.06. The van der Waals surface area contributed by atoms with Crippen LogP contribution in [0.4, 0.5) is 8.78 Å². The van der Waals surface area contributed by atoms with E-state index in [-0.39, 0.29) is 35.8 Å². The summed E-state index contributed by atoms with van der Waals surface area (Å²) in [6.07, 6.45) is 2.80. The van der Waals surface area contributed by atoms with Crippen molar-refractivity contribution in [3.63, 3.8) is 0 Å². The maximum absolute atomic E-state index is 13.3. The molecule has 8 heteroatoms. The molecule has 0 radical (unpaired) electrons. The molecule has 0 aliphatic heterocycles. The standard InChI is InChI=1S/C11H7FN2O.C10H7ClFNO/c1-13-6-8-7-15-11(14-8)9-4-2-3-5-10(9)12;11-5-7-6-14-10(13-7)8-3-1-2-4-9(8)12/h2-5,7H,6H2;1-4,6H,5H2. The Labute approximate surface area is 170 Å². The summed E-state index contributed by atoms with van der Waals surface area (Å²) in [5, 5.41) is 0. The van der Waals surface area contributed by atoms with Gasteiger partial charge in [0.15, 0.2) is 5.69 Å². The number of hydrogen-bond donors (Lipinski definition) is 0. The predicted octanol–water partition coefficient (Wildman–Crippen LogP) is 6.12. The second-order valence-corrected chi connectivity index (χ2v) is 5.96. The van der Waals surface area contributed by atoms with Gasteiger partial charge < -0.3 is 13.7 Å². The van der Waals surface area contributed by atoms with Gasteiger partial charge in [0, 0.05) is 0 Å². The van der Waals surface area contributed by atoms with Crippen LogP contribution in [0.2, 0.25) is 0 Å². The summed E-state index contributed by atoms with van der Waals surface area (Å²) in [4.78, 5) is 11.2. The molecule has 2 aromatic heterocycles. The molecule has 0 spiro atoms. The van der Waals surface area contributed by atoms with Crippen molar-refractivity contribution in [2.45, 2.75) is 12.4 Å². The van der Waals surface area contributed by atoms with Crippen LogP contribution >= 0.6 is 11.6 Å². The third-order valence-electron chi connectivity index (χ3n) is 3.69. The lowest BCUT2D eigenvalue weighted by molar-refractivity contribution is 0.560. The fourth-order valence-corrected chi connectivity index (χ4v) is 2.47. The van der Waals surface area contributed by atoms with Gasteiger partial charge in [-0.1, -0.05) is 24.3 Å². The lowest BCUT2D eigenvalue weighted by Gasteiger charge is -1.95. The maximum atomic E-state index is 13.3. The fraction of sp³-hybridized carbons (Fsp3) is 0.0952.